The number of morpholine rings is 1. The smallest absolute Gasteiger partial charge is 0.307 e. The van der Waals surface area contributed by atoms with Gasteiger partial charge in [0.25, 0.3) is 0 Å². The predicted molar refractivity (Wildman–Crippen MR) is 71.0 cm³/mol. The number of hydrogen-bond donors (Lipinski definition) is 0. The summed E-state index contributed by atoms with van der Waals surface area (Å²) in [5, 5.41) is 0. The Balaban J connectivity index is 1.96. The van der Waals surface area contributed by atoms with Crippen molar-refractivity contribution in [1.82, 2.24) is 4.90 Å². The van der Waals surface area contributed by atoms with E-state index in [0.29, 0.717) is 18.9 Å². The number of hydrogen-bond acceptors (Lipinski definition) is 5. The lowest BCUT2D eigenvalue weighted by atomic mass is 9.90. The van der Waals surface area contributed by atoms with Crippen LogP contribution in [0.25, 0.3) is 0 Å². The van der Waals surface area contributed by atoms with Crippen LogP contribution in [0.2, 0.25) is 0 Å². The van der Waals surface area contributed by atoms with Gasteiger partial charge in [0.1, 0.15) is 0 Å². The highest BCUT2D eigenvalue weighted by Gasteiger charge is 2.32. The monoisotopic (exact) mass is 271 g/mol. The maximum absolute atomic E-state index is 11.8. The number of carbonyl (C=O) groups excluding carboxylic acids is 1. The van der Waals surface area contributed by atoms with E-state index in [1.165, 1.54) is 0 Å². The Kier molecular flexibility index (Phi) is 6.07. The second-order valence-corrected chi connectivity index (χ2v) is 5.20. The van der Waals surface area contributed by atoms with Gasteiger partial charge in [-0.2, -0.15) is 0 Å². The number of esters is 1. The van der Waals surface area contributed by atoms with Crippen molar-refractivity contribution in [3.63, 3.8) is 0 Å². The van der Waals surface area contributed by atoms with Gasteiger partial charge in [0.15, 0.2) is 0 Å². The summed E-state index contributed by atoms with van der Waals surface area (Å²) in [7, 11) is 0. The van der Waals surface area contributed by atoms with Crippen LogP contribution in [0, 0.1) is 5.92 Å². The molecule has 2 atom stereocenters. The van der Waals surface area contributed by atoms with E-state index in [4.69, 9.17) is 14.2 Å². The topological polar surface area (TPSA) is 48.0 Å². The zero-order valence-corrected chi connectivity index (χ0v) is 11.8. The molecule has 5 heteroatoms. The lowest BCUT2D eigenvalue weighted by Gasteiger charge is -2.39. The van der Waals surface area contributed by atoms with Crippen molar-refractivity contribution in [2.45, 2.75) is 32.2 Å². The van der Waals surface area contributed by atoms with E-state index in [9.17, 15) is 4.79 Å². The summed E-state index contributed by atoms with van der Waals surface area (Å²) >= 11 is 0. The lowest BCUT2D eigenvalue weighted by Crippen LogP contribution is -2.49. The Hall–Kier alpha value is -0.650. The van der Waals surface area contributed by atoms with Crippen LogP contribution >= 0.6 is 0 Å². The first-order valence-corrected chi connectivity index (χ1v) is 7.36. The van der Waals surface area contributed by atoms with E-state index < -0.39 is 0 Å². The molecule has 0 spiro atoms. The molecular weight excluding hydrogens is 246 g/mol. The van der Waals surface area contributed by atoms with Crippen molar-refractivity contribution in [1.29, 1.82) is 0 Å². The minimum Gasteiger partial charge on any atom is -0.466 e. The summed E-state index contributed by atoms with van der Waals surface area (Å²) < 4.78 is 16.1. The fourth-order valence-electron chi connectivity index (χ4n) is 2.96. The minimum atomic E-state index is -0.0930. The standard InChI is InChI=1S/C14H25NO4/c1-2-19-14(16)10-13(12-4-3-7-18-11-12)15-5-8-17-9-6-15/h12-13H,2-11H2,1H3. The molecule has 0 saturated carbocycles. The van der Waals surface area contributed by atoms with Gasteiger partial charge < -0.3 is 14.2 Å². The van der Waals surface area contributed by atoms with Gasteiger partial charge in [-0.15, -0.1) is 0 Å². The van der Waals surface area contributed by atoms with Gasteiger partial charge >= 0.3 is 5.97 Å². The second-order valence-electron chi connectivity index (χ2n) is 5.20. The van der Waals surface area contributed by atoms with E-state index in [0.717, 1.165) is 52.4 Å². The maximum Gasteiger partial charge on any atom is 0.307 e. The SMILES string of the molecule is CCOC(=O)CC(C1CCCOC1)N1CCOCC1. The molecule has 2 aliphatic rings. The van der Waals surface area contributed by atoms with Crippen molar-refractivity contribution >= 4 is 5.97 Å². The Morgan fingerprint density at radius 2 is 2.11 bits per heavy atom. The summed E-state index contributed by atoms with van der Waals surface area (Å²) in [5.41, 5.74) is 0. The van der Waals surface area contributed by atoms with Crippen molar-refractivity contribution in [2.75, 3.05) is 46.1 Å². The highest BCUT2D eigenvalue weighted by Crippen LogP contribution is 2.25. The highest BCUT2D eigenvalue weighted by molar-refractivity contribution is 5.70. The fourth-order valence-corrected chi connectivity index (χ4v) is 2.96. The summed E-state index contributed by atoms with van der Waals surface area (Å²) in [4.78, 5) is 14.2. The van der Waals surface area contributed by atoms with E-state index in [1.54, 1.807) is 0 Å². The van der Waals surface area contributed by atoms with Crippen LogP contribution in [0.1, 0.15) is 26.2 Å². The van der Waals surface area contributed by atoms with E-state index in [1.807, 2.05) is 6.92 Å². The van der Waals surface area contributed by atoms with Crippen LogP contribution in [-0.4, -0.2) is 63.0 Å². The molecule has 0 aromatic rings. The van der Waals surface area contributed by atoms with Crippen LogP contribution in [0.4, 0.5) is 0 Å². The van der Waals surface area contributed by atoms with Gasteiger partial charge in [0.2, 0.25) is 0 Å². The van der Waals surface area contributed by atoms with Crippen molar-refractivity contribution < 1.29 is 19.0 Å². The van der Waals surface area contributed by atoms with E-state index >= 15 is 0 Å². The van der Waals surface area contributed by atoms with Gasteiger partial charge in [-0.05, 0) is 25.7 Å². The first kappa shape index (κ1) is 14.8. The van der Waals surface area contributed by atoms with Gasteiger partial charge in [0.05, 0.1) is 32.8 Å². The third-order valence-electron chi connectivity index (χ3n) is 3.94. The van der Waals surface area contributed by atoms with Crippen molar-refractivity contribution in [3.05, 3.63) is 0 Å². The Bertz CT molecular complexity index is 255. The van der Waals surface area contributed by atoms with Crippen LogP contribution in [-0.2, 0) is 19.0 Å². The molecule has 0 N–H and O–H groups in total. The third-order valence-corrected chi connectivity index (χ3v) is 3.94. The summed E-state index contributed by atoms with van der Waals surface area (Å²) in [6.07, 6.45) is 2.71. The van der Waals surface area contributed by atoms with E-state index in [2.05, 4.69) is 4.90 Å². The molecule has 0 aromatic carbocycles. The summed E-state index contributed by atoms with van der Waals surface area (Å²) in [6, 6.07) is 0.239. The molecule has 2 aliphatic heterocycles. The third kappa shape index (κ3) is 4.44. The normalized spacial score (nSPS) is 26.9. The average molecular weight is 271 g/mol. The van der Waals surface area contributed by atoms with Crippen LogP contribution in [0.5, 0.6) is 0 Å². The number of nitrogens with zero attached hydrogens (tertiary/aromatic N) is 1. The molecule has 0 bridgehead atoms. The number of ether oxygens (including phenoxy) is 3. The molecule has 2 saturated heterocycles. The molecule has 2 unspecified atom stereocenters. The quantitative estimate of drug-likeness (QED) is 0.700. The molecule has 19 heavy (non-hydrogen) atoms. The molecule has 0 radical (unpaired) electrons. The second kappa shape index (κ2) is 7.82. The first-order chi connectivity index (χ1) is 9.31. The van der Waals surface area contributed by atoms with E-state index in [-0.39, 0.29) is 12.0 Å². The Labute approximate surface area is 115 Å². The molecule has 0 aliphatic carbocycles. The van der Waals surface area contributed by atoms with Gasteiger partial charge in [-0.25, -0.2) is 0 Å². The number of carbonyl (C=O) groups is 1. The fraction of sp³-hybridized carbons (Fsp3) is 0.929. The highest BCUT2D eigenvalue weighted by atomic mass is 16.5. The molecule has 2 heterocycles. The zero-order chi connectivity index (χ0) is 13.5. The molecule has 5 nitrogen and oxygen atoms in total. The van der Waals surface area contributed by atoms with Crippen LogP contribution < -0.4 is 0 Å². The Morgan fingerprint density at radius 1 is 1.32 bits per heavy atom. The largest absolute Gasteiger partial charge is 0.466 e. The minimum absolute atomic E-state index is 0.0930. The molecule has 0 aromatic heterocycles. The zero-order valence-electron chi connectivity index (χ0n) is 11.8. The first-order valence-electron chi connectivity index (χ1n) is 7.36. The average Bonchev–Trinajstić information content (AvgIpc) is 2.47. The molecule has 0 amide bonds. The van der Waals surface area contributed by atoms with Crippen LogP contribution in [0.15, 0.2) is 0 Å². The molecule has 2 fully saturated rings. The maximum atomic E-state index is 11.8. The summed E-state index contributed by atoms with van der Waals surface area (Å²) in [5.74, 6) is 0.348. The number of rotatable bonds is 5. The van der Waals surface area contributed by atoms with Gasteiger partial charge in [0, 0.05) is 25.7 Å². The summed E-state index contributed by atoms with van der Waals surface area (Å²) in [6.45, 7) is 7.25. The molecule has 2 rings (SSSR count). The lowest BCUT2D eigenvalue weighted by molar-refractivity contribution is -0.146. The molecule has 110 valence electrons. The van der Waals surface area contributed by atoms with Gasteiger partial charge in [-0.3, -0.25) is 9.69 Å². The molecular formula is C14H25NO4. The van der Waals surface area contributed by atoms with Crippen molar-refractivity contribution in [2.24, 2.45) is 5.92 Å². The Morgan fingerprint density at radius 3 is 2.74 bits per heavy atom. The van der Waals surface area contributed by atoms with Gasteiger partial charge in [-0.1, -0.05) is 0 Å². The van der Waals surface area contributed by atoms with Crippen molar-refractivity contribution in [3.8, 4) is 0 Å². The van der Waals surface area contributed by atoms with Crippen LogP contribution in [0.3, 0.4) is 0 Å². The predicted octanol–water partition coefficient (Wildman–Crippen LogP) is 1.07.